The quantitative estimate of drug-likeness (QED) is 0.561. The van der Waals surface area contributed by atoms with Crippen molar-refractivity contribution in [1.29, 1.82) is 0 Å². The van der Waals surface area contributed by atoms with E-state index in [0.29, 0.717) is 12.1 Å². The molecular formula is C12H17ClN4O2. The molecule has 3 amide bonds. The molecule has 0 aliphatic carbocycles. The van der Waals surface area contributed by atoms with Gasteiger partial charge in [-0.2, -0.15) is 0 Å². The van der Waals surface area contributed by atoms with Crippen LogP contribution in [-0.4, -0.2) is 30.0 Å². The van der Waals surface area contributed by atoms with Gasteiger partial charge in [0.1, 0.15) is 5.15 Å². The smallest absolute Gasteiger partial charge is 0.312 e. The van der Waals surface area contributed by atoms with E-state index in [4.69, 9.17) is 17.3 Å². The van der Waals surface area contributed by atoms with Gasteiger partial charge < -0.3 is 16.4 Å². The third-order valence-corrected chi connectivity index (χ3v) is 2.57. The number of aromatic nitrogens is 1. The number of hydrogen-bond acceptors (Lipinski definition) is 3. The SMILES string of the molecule is CC(C)c1cc(C(=O)NCCNC(N)=O)cc(Cl)n1. The number of nitrogens with zero attached hydrogens (tertiary/aromatic N) is 1. The maximum absolute atomic E-state index is 11.9. The highest BCUT2D eigenvalue weighted by Gasteiger charge is 2.10. The van der Waals surface area contributed by atoms with Crippen LogP contribution in [0, 0.1) is 0 Å². The van der Waals surface area contributed by atoms with Gasteiger partial charge in [0.2, 0.25) is 0 Å². The minimum absolute atomic E-state index is 0.182. The van der Waals surface area contributed by atoms with E-state index in [0.717, 1.165) is 5.69 Å². The zero-order valence-electron chi connectivity index (χ0n) is 10.9. The van der Waals surface area contributed by atoms with Crippen LogP contribution in [0.25, 0.3) is 0 Å². The Balaban J connectivity index is 2.64. The zero-order chi connectivity index (χ0) is 14.4. The number of amides is 3. The molecule has 0 atom stereocenters. The summed E-state index contributed by atoms with van der Waals surface area (Å²) >= 11 is 5.88. The molecule has 0 aliphatic rings. The number of nitrogens with one attached hydrogen (secondary N) is 2. The molecule has 0 spiro atoms. The largest absolute Gasteiger partial charge is 0.352 e. The molecule has 1 heterocycles. The van der Waals surface area contributed by atoms with Crippen LogP contribution in [0.3, 0.4) is 0 Å². The van der Waals surface area contributed by atoms with E-state index in [1.165, 1.54) is 6.07 Å². The molecule has 6 nitrogen and oxygen atoms in total. The van der Waals surface area contributed by atoms with E-state index in [-0.39, 0.29) is 23.5 Å². The highest BCUT2D eigenvalue weighted by molar-refractivity contribution is 6.29. The summed E-state index contributed by atoms with van der Waals surface area (Å²) in [5, 5.41) is 5.31. The van der Waals surface area contributed by atoms with Gasteiger partial charge in [-0.05, 0) is 18.1 Å². The molecule has 4 N–H and O–H groups in total. The molecule has 1 rings (SSSR count). The first-order valence-electron chi connectivity index (χ1n) is 5.89. The lowest BCUT2D eigenvalue weighted by molar-refractivity contribution is 0.0953. The number of pyridine rings is 1. The molecule has 0 aliphatic heterocycles. The normalized spacial score (nSPS) is 10.3. The lowest BCUT2D eigenvalue weighted by Crippen LogP contribution is -2.37. The van der Waals surface area contributed by atoms with Crippen molar-refractivity contribution in [3.05, 3.63) is 28.5 Å². The second-order valence-electron chi connectivity index (χ2n) is 4.31. The van der Waals surface area contributed by atoms with Crippen molar-refractivity contribution in [2.45, 2.75) is 19.8 Å². The molecule has 0 fully saturated rings. The van der Waals surface area contributed by atoms with Crippen LogP contribution in [0.2, 0.25) is 5.15 Å². The fourth-order valence-electron chi connectivity index (χ4n) is 1.41. The third kappa shape index (κ3) is 5.13. The average Bonchev–Trinajstić information content (AvgIpc) is 2.33. The molecule has 0 radical (unpaired) electrons. The second kappa shape index (κ2) is 6.94. The highest BCUT2D eigenvalue weighted by atomic mass is 35.5. The van der Waals surface area contributed by atoms with E-state index >= 15 is 0 Å². The van der Waals surface area contributed by atoms with Gasteiger partial charge in [0.25, 0.3) is 5.91 Å². The van der Waals surface area contributed by atoms with Gasteiger partial charge in [0.15, 0.2) is 0 Å². The molecule has 0 saturated heterocycles. The van der Waals surface area contributed by atoms with Crippen LogP contribution >= 0.6 is 11.6 Å². The van der Waals surface area contributed by atoms with E-state index in [1.807, 2.05) is 13.8 Å². The van der Waals surface area contributed by atoms with E-state index in [9.17, 15) is 9.59 Å². The predicted octanol–water partition coefficient (Wildman–Crippen LogP) is 1.26. The average molecular weight is 285 g/mol. The fourth-order valence-corrected chi connectivity index (χ4v) is 1.62. The van der Waals surface area contributed by atoms with Gasteiger partial charge in [-0.3, -0.25) is 4.79 Å². The summed E-state index contributed by atoms with van der Waals surface area (Å²) in [4.78, 5) is 26.5. The van der Waals surface area contributed by atoms with Gasteiger partial charge in [0, 0.05) is 24.3 Å². The molecule has 7 heteroatoms. The van der Waals surface area contributed by atoms with Crippen molar-refractivity contribution in [3.8, 4) is 0 Å². The molecule has 1 aromatic heterocycles. The van der Waals surface area contributed by atoms with E-state index in [2.05, 4.69) is 15.6 Å². The number of carbonyl (C=O) groups is 2. The Morgan fingerprint density at radius 2 is 1.95 bits per heavy atom. The van der Waals surface area contributed by atoms with E-state index in [1.54, 1.807) is 6.07 Å². The first-order chi connectivity index (χ1) is 8.90. The summed E-state index contributed by atoms with van der Waals surface area (Å²) in [6.45, 7) is 4.50. The van der Waals surface area contributed by atoms with Crippen LogP contribution in [0.15, 0.2) is 12.1 Å². The first-order valence-corrected chi connectivity index (χ1v) is 6.27. The summed E-state index contributed by atoms with van der Waals surface area (Å²) in [5.41, 5.74) is 6.11. The lowest BCUT2D eigenvalue weighted by atomic mass is 10.1. The van der Waals surface area contributed by atoms with Gasteiger partial charge in [-0.25, -0.2) is 9.78 Å². The Labute approximate surface area is 116 Å². The van der Waals surface area contributed by atoms with Crippen LogP contribution in [0.4, 0.5) is 4.79 Å². The van der Waals surface area contributed by atoms with Gasteiger partial charge in [-0.1, -0.05) is 25.4 Å². The monoisotopic (exact) mass is 284 g/mol. The fraction of sp³-hybridized carbons (Fsp3) is 0.417. The lowest BCUT2D eigenvalue weighted by Gasteiger charge is -2.09. The van der Waals surface area contributed by atoms with Crippen LogP contribution < -0.4 is 16.4 Å². The van der Waals surface area contributed by atoms with Gasteiger partial charge in [0.05, 0.1) is 0 Å². The number of nitrogens with two attached hydrogens (primary N) is 1. The number of primary amides is 1. The molecule has 1 aromatic rings. The highest BCUT2D eigenvalue weighted by Crippen LogP contribution is 2.17. The van der Waals surface area contributed by atoms with Crippen molar-refractivity contribution in [2.75, 3.05) is 13.1 Å². The van der Waals surface area contributed by atoms with Gasteiger partial charge >= 0.3 is 6.03 Å². The number of hydrogen-bond donors (Lipinski definition) is 3. The molecule has 0 bridgehead atoms. The summed E-state index contributed by atoms with van der Waals surface area (Å²) < 4.78 is 0. The minimum atomic E-state index is -0.622. The zero-order valence-corrected chi connectivity index (χ0v) is 11.6. The Morgan fingerprint density at radius 3 is 2.53 bits per heavy atom. The summed E-state index contributed by atoms with van der Waals surface area (Å²) in [7, 11) is 0. The number of urea groups is 1. The number of carbonyl (C=O) groups excluding carboxylic acids is 2. The Kier molecular flexibility index (Phi) is 5.57. The Morgan fingerprint density at radius 1 is 1.32 bits per heavy atom. The van der Waals surface area contributed by atoms with Crippen LogP contribution in [-0.2, 0) is 0 Å². The molecule has 0 unspecified atom stereocenters. The summed E-state index contributed by atoms with van der Waals surface area (Å²) in [6.07, 6.45) is 0. The molecule has 19 heavy (non-hydrogen) atoms. The third-order valence-electron chi connectivity index (χ3n) is 2.38. The van der Waals surface area contributed by atoms with E-state index < -0.39 is 6.03 Å². The maximum Gasteiger partial charge on any atom is 0.312 e. The molecule has 104 valence electrons. The maximum atomic E-state index is 11.9. The summed E-state index contributed by atoms with van der Waals surface area (Å²) in [5.74, 6) is -0.0840. The van der Waals surface area contributed by atoms with Crippen LogP contribution in [0.1, 0.15) is 35.8 Å². The predicted molar refractivity (Wildman–Crippen MR) is 73.3 cm³/mol. The van der Waals surface area contributed by atoms with Crippen molar-refractivity contribution >= 4 is 23.5 Å². The minimum Gasteiger partial charge on any atom is -0.352 e. The Hall–Kier alpha value is -1.82. The topological polar surface area (TPSA) is 97.1 Å². The second-order valence-corrected chi connectivity index (χ2v) is 4.69. The van der Waals surface area contributed by atoms with Crippen molar-refractivity contribution in [2.24, 2.45) is 5.73 Å². The molecule has 0 aromatic carbocycles. The first kappa shape index (κ1) is 15.2. The van der Waals surface area contributed by atoms with Crippen LogP contribution in [0.5, 0.6) is 0 Å². The molecule has 0 saturated carbocycles. The number of rotatable bonds is 5. The Bertz CT molecular complexity index is 477. The van der Waals surface area contributed by atoms with Crippen molar-refractivity contribution in [1.82, 2.24) is 15.6 Å². The van der Waals surface area contributed by atoms with Crippen molar-refractivity contribution < 1.29 is 9.59 Å². The molecular weight excluding hydrogens is 268 g/mol. The van der Waals surface area contributed by atoms with Gasteiger partial charge in [-0.15, -0.1) is 0 Å². The standard InChI is InChI=1S/C12H17ClN4O2/c1-7(2)9-5-8(6-10(13)17-9)11(18)15-3-4-16-12(14)19/h5-7H,3-4H2,1-2H3,(H,15,18)(H3,14,16,19). The van der Waals surface area contributed by atoms with Crippen molar-refractivity contribution in [3.63, 3.8) is 0 Å². The summed E-state index contributed by atoms with van der Waals surface area (Å²) in [6, 6.07) is 2.58. The number of halogens is 1.